The summed E-state index contributed by atoms with van der Waals surface area (Å²) in [4.78, 5) is 0. The Kier molecular flexibility index (Phi) is 3.71. The lowest BCUT2D eigenvalue weighted by molar-refractivity contribution is 0.535. The molecule has 1 aliphatic rings. The van der Waals surface area contributed by atoms with Gasteiger partial charge >= 0.3 is 0 Å². The summed E-state index contributed by atoms with van der Waals surface area (Å²) >= 11 is 6.18. The van der Waals surface area contributed by atoms with Crippen molar-refractivity contribution in [1.29, 1.82) is 0 Å². The van der Waals surface area contributed by atoms with Crippen molar-refractivity contribution >= 4 is 17.3 Å². The van der Waals surface area contributed by atoms with Crippen LogP contribution < -0.4 is 5.32 Å². The van der Waals surface area contributed by atoms with Crippen LogP contribution in [0, 0.1) is 19.8 Å². The largest absolute Gasteiger partial charge is 0.384 e. The van der Waals surface area contributed by atoms with Crippen molar-refractivity contribution in [3.8, 4) is 0 Å². The molecule has 1 unspecified atom stereocenters. The van der Waals surface area contributed by atoms with Gasteiger partial charge in [-0.05, 0) is 61.4 Å². The van der Waals surface area contributed by atoms with Crippen LogP contribution >= 0.6 is 11.6 Å². The molecule has 0 saturated carbocycles. The van der Waals surface area contributed by atoms with Gasteiger partial charge in [-0.3, -0.25) is 0 Å². The van der Waals surface area contributed by atoms with Gasteiger partial charge in [-0.15, -0.1) is 0 Å². The number of fused-ring (bicyclic) bond motifs is 1. The van der Waals surface area contributed by atoms with Gasteiger partial charge in [-0.2, -0.15) is 0 Å². The third-order valence-electron chi connectivity index (χ3n) is 4.10. The van der Waals surface area contributed by atoms with Crippen molar-refractivity contribution in [2.75, 3.05) is 11.9 Å². The second kappa shape index (κ2) is 5.49. The van der Waals surface area contributed by atoms with Gasteiger partial charge in [-0.25, -0.2) is 0 Å². The smallest absolute Gasteiger partial charge is 0.0412 e. The van der Waals surface area contributed by atoms with Crippen LogP contribution in [-0.4, -0.2) is 6.54 Å². The quantitative estimate of drug-likeness (QED) is 0.837. The van der Waals surface area contributed by atoms with E-state index in [0.29, 0.717) is 5.92 Å². The molecule has 20 heavy (non-hydrogen) atoms. The summed E-state index contributed by atoms with van der Waals surface area (Å²) in [5.74, 6) is 0.642. The summed E-state index contributed by atoms with van der Waals surface area (Å²) < 4.78 is 0. The van der Waals surface area contributed by atoms with Crippen LogP contribution in [0.5, 0.6) is 0 Å². The van der Waals surface area contributed by atoms with E-state index in [-0.39, 0.29) is 0 Å². The Morgan fingerprint density at radius 3 is 2.65 bits per heavy atom. The maximum Gasteiger partial charge on any atom is 0.0412 e. The molecule has 0 aliphatic carbocycles. The predicted molar refractivity (Wildman–Crippen MR) is 86.8 cm³/mol. The van der Waals surface area contributed by atoms with E-state index in [4.69, 9.17) is 11.6 Å². The molecule has 1 N–H and O–H groups in total. The van der Waals surface area contributed by atoms with Crippen molar-refractivity contribution in [2.24, 2.45) is 5.92 Å². The van der Waals surface area contributed by atoms with E-state index >= 15 is 0 Å². The molecular formula is C18H20ClN. The third kappa shape index (κ3) is 2.83. The van der Waals surface area contributed by atoms with E-state index < -0.39 is 0 Å². The number of anilines is 1. The molecule has 2 aromatic carbocycles. The summed E-state index contributed by atoms with van der Waals surface area (Å²) in [5.41, 5.74) is 6.64. The highest BCUT2D eigenvalue weighted by Crippen LogP contribution is 2.32. The number of nitrogens with one attached hydrogen (secondary N) is 1. The molecule has 0 fully saturated rings. The van der Waals surface area contributed by atoms with Crippen molar-refractivity contribution in [1.82, 2.24) is 0 Å². The lowest BCUT2D eigenvalue weighted by Gasteiger charge is -2.28. The maximum absolute atomic E-state index is 6.18. The van der Waals surface area contributed by atoms with Crippen molar-refractivity contribution in [3.05, 3.63) is 63.7 Å². The van der Waals surface area contributed by atoms with Gasteiger partial charge in [0.25, 0.3) is 0 Å². The molecule has 104 valence electrons. The van der Waals surface area contributed by atoms with Crippen molar-refractivity contribution < 1.29 is 0 Å². The molecule has 0 saturated heterocycles. The Balaban J connectivity index is 1.77. The molecule has 2 heteroatoms. The van der Waals surface area contributed by atoms with E-state index in [1.54, 1.807) is 0 Å². The summed E-state index contributed by atoms with van der Waals surface area (Å²) in [7, 11) is 0. The second-order valence-corrected chi connectivity index (χ2v) is 6.33. The Morgan fingerprint density at radius 2 is 1.90 bits per heavy atom. The van der Waals surface area contributed by atoms with E-state index in [9.17, 15) is 0 Å². The molecule has 1 nitrogen and oxygen atoms in total. The Bertz CT molecular complexity index is 616. The number of benzene rings is 2. The molecule has 3 rings (SSSR count). The molecule has 0 aromatic heterocycles. The monoisotopic (exact) mass is 285 g/mol. The van der Waals surface area contributed by atoms with Gasteiger partial charge in [-0.1, -0.05) is 41.4 Å². The highest BCUT2D eigenvalue weighted by atomic mass is 35.5. The lowest BCUT2D eigenvalue weighted by atomic mass is 9.88. The number of hydrogen-bond donors (Lipinski definition) is 1. The topological polar surface area (TPSA) is 12.0 Å². The Hall–Kier alpha value is -1.47. The average Bonchev–Trinajstić information content (AvgIpc) is 2.41. The summed E-state index contributed by atoms with van der Waals surface area (Å²) in [6, 6.07) is 13.0. The summed E-state index contributed by atoms with van der Waals surface area (Å²) in [6.45, 7) is 5.30. The number of aryl methyl sites for hydroxylation is 2. The third-order valence-corrected chi connectivity index (χ3v) is 4.32. The molecule has 1 heterocycles. The fourth-order valence-electron chi connectivity index (χ4n) is 3.06. The molecule has 0 bridgehead atoms. The minimum Gasteiger partial charge on any atom is -0.384 e. The maximum atomic E-state index is 6.18. The fourth-order valence-corrected chi connectivity index (χ4v) is 3.35. The van der Waals surface area contributed by atoms with E-state index in [0.717, 1.165) is 24.4 Å². The zero-order valence-electron chi connectivity index (χ0n) is 12.0. The van der Waals surface area contributed by atoms with Gasteiger partial charge in [0.1, 0.15) is 0 Å². The zero-order valence-corrected chi connectivity index (χ0v) is 12.8. The Morgan fingerprint density at radius 1 is 1.15 bits per heavy atom. The minimum atomic E-state index is 0.642. The van der Waals surface area contributed by atoms with Gasteiger partial charge in [0.05, 0.1) is 0 Å². The molecule has 0 spiro atoms. The summed E-state index contributed by atoms with van der Waals surface area (Å²) in [5, 5.41) is 4.43. The minimum absolute atomic E-state index is 0.642. The van der Waals surface area contributed by atoms with E-state index in [2.05, 4.69) is 49.5 Å². The van der Waals surface area contributed by atoms with Crippen LogP contribution in [0.25, 0.3) is 0 Å². The molecular weight excluding hydrogens is 266 g/mol. The van der Waals surface area contributed by atoms with E-state index in [1.165, 1.54) is 27.9 Å². The van der Waals surface area contributed by atoms with Gasteiger partial charge in [0, 0.05) is 17.3 Å². The van der Waals surface area contributed by atoms with Crippen LogP contribution in [0.15, 0.2) is 36.4 Å². The number of hydrogen-bond acceptors (Lipinski definition) is 1. The van der Waals surface area contributed by atoms with Crippen LogP contribution in [0.2, 0.25) is 5.02 Å². The van der Waals surface area contributed by atoms with Gasteiger partial charge in [0.2, 0.25) is 0 Å². The van der Waals surface area contributed by atoms with Crippen molar-refractivity contribution in [3.63, 3.8) is 0 Å². The first-order valence-electron chi connectivity index (χ1n) is 7.20. The van der Waals surface area contributed by atoms with Crippen LogP contribution in [0.3, 0.4) is 0 Å². The molecule has 0 radical (unpaired) electrons. The van der Waals surface area contributed by atoms with Gasteiger partial charge < -0.3 is 5.32 Å². The number of rotatable bonds is 2. The first kappa shape index (κ1) is 13.5. The average molecular weight is 286 g/mol. The first-order valence-corrected chi connectivity index (χ1v) is 7.58. The molecule has 2 aromatic rings. The normalized spacial score (nSPS) is 17.4. The van der Waals surface area contributed by atoms with Crippen LogP contribution in [0.1, 0.15) is 22.3 Å². The van der Waals surface area contributed by atoms with Crippen LogP contribution in [-0.2, 0) is 12.8 Å². The molecule has 1 aliphatic heterocycles. The Labute approximate surface area is 126 Å². The van der Waals surface area contributed by atoms with Gasteiger partial charge in [0.15, 0.2) is 0 Å². The fraction of sp³-hybridized carbons (Fsp3) is 0.333. The lowest BCUT2D eigenvalue weighted by Crippen LogP contribution is -2.25. The molecule has 0 amide bonds. The first-order chi connectivity index (χ1) is 9.61. The second-order valence-electron chi connectivity index (χ2n) is 5.90. The highest BCUT2D eigenvalue weighted by Gasteiger charge is 2.20. The standard InChI is InChI=1S/C18H20ClN/c1-12-3-5-14(6-4-12)8-15-9-16-10-17(19)7-13(2)18(16)20-11-15/h3-7,10,15,20H,8-9,11H2,1-2H3. The van der Waals surface area contributed by atoms with E-state index in [1.807, 2.05) is 6.07 Å². The molecule has 1 atom stereocenters. The zero-order chi connectivity index (χ0) is 14.1. The predicted octanol–water partition coefficient (Wildman–Crippen LogP) is 4.78. The summed E-state index contributed by atoms with van der Waals surface area (Å²) in [6.07, 6.45) is 2.23. The number of halogens is 1. The van der Waals surface area contributed by atoms with Crippen molar-refractivity contribution in [2.45, 2.75) is 26.7 Å². The highest BCUT2D eigenvalue weighted by molar-refractivity contribution is 6.30. The SMILES string of the molecule is Cc1ccc(CC2CNc3c(C)cc(Cl)cc3C2)cc1. The van der Waals surface area contributed by atoms with Crippen LogP contribution in [0.4, 0.5) is 5.69 Å².